The lowest BCUT2D eigenvalue weighted by Crippen LogP contribution is -2.41. The number of benzene rings is 2. The molecule has 0 saturated heterocycles. The van der Waals surface area contributed by atoms with Crippen molar-refractivity contribution >= 4 is 27.5 Å². The van der Waals surface area contributed by atoms with Gasteiger partial charge in [-0.25, -0.2) is 12.8 Å². The zero-order valence-electron chi connectivity index (χ0n) is 13.2. The number of nitrogens with one attached hydrogen (secondary N) is 2. The number of rotatable bonds is 6. The number of primary amides is 1. The van der Waals surface area contributed by atoms with Crippen LogP contribution < -0.4 is 15.8 Å². The van der Waals surface area contributed by atoms with Crippen LogP contribution in [0, 0.1) is 5.82 Å². The van der Waals surface area contributed by atoms with E-state index < -0.39 is 33.7 Å². The smallest absolute Gasteiger partial charge is 0.248 e. The number of halogens is 1. The van der Waals surface area contributed by atoms with E-state index in [0.717, 1.165) is 24.3 Å². The maximum absolute atomic E-state index is 12.9. The van der Waals surface area contributed by atoms with Crippen molar-refractivity contribution < 1.29 is 22.4 Å². The van der Waals surface area contributed by atoms with E-state index in [9.17, 15) is 22.4 Å². The molecular weight excluding hydrogens is 349 g/mol. The average molecular weight is 365 g/mol. The quantitative estimate of drug-likeness (QED) is 0.713. The van der Waals surface area contributed by atoms with Gasteiger partial charge in [-0.15, -0.1) is 0 Å². The molecule has 0 bridgehead atoms. The lowest BCUT2D eigenvalue weighted by Gasteiger charge is -2.14. The van der Waals surface area contributed by atoms with Crippen molar-refractivity contribution in [3.8, 4) is 0 Å². The molecule has 0 spiro atoms. The zero-order valence-corrected chi connectivity index (χ0v) is 14.0. The van der Waals surface area contributed by atoms with Gasteiger partial charge in [-0.2, -0.15) is 4.72 Å². The van der Waals surface area contributed by atoms with Crippen molar-refractivity contribution in [1.29, 1.82) is 0 Å². The SMILES string of the molecule is CC(NS(=O)(=O)c1ccc(F)cc1)C(=O)Nc1ccc(C(N)=O)cc1. The van der Waals surface area contributed by atoms with Crippen LogP contribution in [0.25, 0.3) is 0 Å². The van der Waals surface area contributed by atoms with Gasteiger partial charge in [0.25, 0.3) is 0 Å². The highest BCUT2D eigenvalue weighted by atomic mass is 32.2. The lowest BCUT2D eigenvalue weighted by atomic mass is 10.2. The molecule has 0 radical (unpaired) electrons. The van der Waals surface area contributed by atoms with Gasteiger partial charge in [0.2, 0.25) is 21.8 Å². The third-order valence-corrected chi connectivity index (χ3v) is 4.84. The van der Waals surface area contributed by atoms with Gasteiger partial charge in [0.1, 0.15) is 5.82 Å². The van der Waals surface area contributed by atoms with Gasteiger partial charge in [0.05, 0.1) is 10.9 Å². The van der Waals surface area contributed by atoms with E-state index >= 15 is 0 Å². The minimum absolute atomic E-state index is 0.153. The van der Waals surface area contributed by atoms with Gasteiger partial charge >= 0.3 is 0 Å². The molecule has 0 heterocycles. The van der Waals surface area contributed by atoms with Gasteiger partial charge in [-0.05, 0) is 55.5 Å². The van der Waals surface area contributed by atoms with Crippen LogP contribution in [0.4, 0.5) is 10.1 Å². The molecule has 0 aliphatic carbocycles. The van der Waals surface area contributed by atoms with E-state index in [1.807, 2.05) is 0 Å². The summed E-state index contributed by atoms with van der Waals surface area (Å²) < 4.78 is 39.4. The highest BCUT2D eigenvalue weighted by Crippen LogP contribution is 2.12. The van der Waals surface area contributed by atoms with Crippen LogP contribution in [-0.4, -0.2) is 26.3 Å². The fraction of sp³-hybridized carbons (Fsp3) is 0.125. The summed E-state index contributed by atoms with van der Waals surface area (Å²) in [7, 11) is -3.97. The third-order valence-electron chi connectivity index (χ3n) is 3.29. The first-order chi connectivity index (χ1) is 11.7. The molecule has 0 fully saturated rings. The van der Waals surface area contributed by atoms with Gasteiger partial charge in [0.15, 0.2) is 0 Å². The predicted octanol–water partition coefficient (Wildman–Crippen LogP) is 1.23. The molecule has 25 heavy (non-hydrogen) atoms. The van der Waals surface area contributed by atoms with Crippen LogP contribution in [-0.2, 0) is 14.8 Å². The fourth-order valence-electron chi connectivity index (χ4n) is 1.94. The Kier molecular flexibility index (Phi) is 5.50. The molecule has 0 saturated carbocycles. The number of carbonyl (C=O) groups excluding carboxylic acids is 2. The van der Waals surface area contributed by atoms with Crippen LogP contribution in [0.3, 0.4) is 0 Å². The molecule has 0 aliphatic rings. The maximum Gasteiger partial charge on any atom is 0.248 e. The first-order valence-electron chi connectivity index (χ1n) is 7.17. The van der Waals surface area contributed by atoms with Crippen molar-refractivity contribution in [1.82, 2.24) is 4.72 Å². The fourth-order valence-corrected chi connectivity index (χ4v) is 3.14. The topological polar surface area (TPSA) is 118 Å². The van der Waals surface area contributed by atoms with Gasteiger partial charge in [-0.3, -0.25) is 9.59 Å². The molecule has 0 aliphatic heterocycles. The summed E-state index contributed by atoms with van der Waals surface area (Å²) in [6.45, 7) is 1.37. The molecule has 7 nitrogen and oxygen atoms in total. The summed E-state index contributed by atoms with van der Waals surface area (Å²) in [5.41, 5.74) is 5.78. The Morgan fingerprint density at radius 3 is 2.12 bits per heavy atom. The summed E-state index contributed by atoms with van der Waals surface area (Å²) in [4.78, 5) is 22.9. The van der Waals surface area contributed by atoms with Crippen LogP contribution in [0.15, 0.2) is 53.4 Å². The summed E-state index contributed by atoms with van der Waals surface area (Å²) in [5.74, 6) is -1.76. The summed E-state index contributed by atoms with van der Waals surface area (Å²) in [6.07, 6.45) is 0. The van der Waals surface area contributed by atoms with Crippen molar-refractivity contribution in [2.75, 3.05) is 5.32 Å². The van der Waals surface area contributed by atoms with E-state index in [1.54, 1.807) is 0 Å². The van der Waals surface area contributed by atoms with Crippen molar-refractivity contribution in [3.05, 3.63) is 59.9 Å². The van der Waals surface area contributed by atoms with Crippen LogP contribution in [0.5, 0.6) is 0 Å². The van der Waals surface area contributed by atoms with E-state index in [2.05, 4.69) is 10.0 Å². The highest BCUT2D eigenvalue weighted by Gasteiger charge is 2.22. The molecule has 1 unspecified atom stereocenters. The molecule has 2 rings (SSSR count). The Bertz CT molecular complexity index is 881. The monoisotopic (exact) mass is 365 g/mol. The number of anilines is 1. The number of sulfonamides is 1. The van der Waals surface area contributed by atoms with Gasteiger partial charge < -0.3 is 11.1 Å². The van der Waals surface area contributed by atoms with Crippen molar-refractivity contribution in [2.24, 2.45) is 5.73 Å². The second-order valence-corrected chi connectivity index (χ2v) is 6.94. The molecule has 9 heteroatoms. The van der Waals surface area contributed by atoms with Crippen LogP contribution >= 0.6 is 0 Å². The Balaban J connectivity index is 2.04. The molecule has 2 aromatic rings. The van der Waals surface area contributed by atoms with Crippen molar-refractivity contribution in [2.45, 2.75) is 17.9 Å². The Hall–Kier alpha value is -2.78. The summed E-state index contributed by atoms with van der Waals surface area (Å²) in [6, 6.07) is 8.97. The van der Waals surface area contributed by atoms with E-state index in [0.29, 0.717) is 5.69 Å². The highest BCUT2D eigenvalue weighted by molar-refractivity contribution is 7.89. The number of amides is 2. The Labute approximate surface area is 144 Å². The average Bonchev–Trinajstić information content (AvgIpc) is 2.55. The molecule has 0 aromatic heterocycles. The van der Waals surface area contributed by atoms with Gasteiger partial charge in [-0.1, -0.05) is 0 Å². The number of nitrogens with two attached hydrogens (primary N) is 1. The third kappa shape index (κ3) is 4.85. The molecule has 1 atom stereocenters. The summed E-state index contributed by atoms with van der Waals surface area (Å²) in [5, 5.41) is 2.51. The zero-order chi connectivity index (χ0) is 18.6. The molecular formula is C16H16FN3O4S. The second kappa shape index (κ2) is 7.41. The number of hydrogen-bond acceptors (Lipinski definition) is 4. The molecule has 132 valence electrons. The van der Waals surface area contributed by atoms with E-state index in [1.165, 1.54) is 31.2 Å². The van der Waals surface area contributed by atoms with Crippen LogP contribution in [0.1, 0.15) is 17.3 Å². The summed E-state index contributed by atoms with van der Waals surface area (Å²) >= 11 is 0. The van der Waals surface area contributed by atoms with E-state index in [4.69, 9.17) is 5.73 Å². The number of carbonyl (C=O) groups is 2. The van der Waals surface area contributed by atoms with Gasteiger partial charge in [0, 0.05) is 11.3 Å². The number of hydrogen-bond donors (Lipinski definition) is 3. The predicted molar refractivity (Wildman–Crippen MR) is 89.8 cm³/mol. The maximum atomic E-state index is 12.9. The molecule has 4 N–H and O–H groups in total. The second-order valence-electron chi connectivity index (χ2n) is 5.23. The molecule has 2 aromatic carbocycles. The lowest BCUT2D eigenvalue weighted by molar-refractivity contribution is -0.117. The minimum Gasteiger partial charge on any atom is -0.366 e. The first-order valence-corrected chi connectivity index (χ1v) is 8.66. The van der Waals surface area contributed by atoms with Crippen molar-refractivity contribution in [3.63, 3.8) is 0 Å². The largest absolute Gasteiger partial charge is 0.366 e. The Morgan fingerprint density at radius 1 is 1.04 bits per heavy atom. The first kappa shape index (κ1) is 18.6. The van der Waals surface area contributed by atoms with Crippen LogP contribution in [0.2, 0.25) is 0 Å². The Morgan fingerprint density at radius 2 is 1.60 bits per heavy atom. The standard InChI is InChI=1S/C16H16FN3O4S/c1-10(20-25(23,24)14-8-4-12(17)5-9-14)16(22)19-13-6-2-11(3-7-13)15(18)21/h2-10,20H,1H3,(H2,18,21)(H,19,22). The normalized spacial score (nSPS) is 12.4. The van der Waals surface area contributed by atoms with E-state index in [-0.39, 0.29) is 10.5 Å². The molecule has 2 amide bonds. The minimum atomic E-state index is -3.97.